The number of hydrogen-bond donors (Lipinski definition) is 1. The van der Waals surface area contributed by atoms with E-state index in [4.69, 9.17) is 5.73 Å². The average molecular weight is 247 g/mol. The molecule has 0 amide bonds. The van der Waals surface area contributed by atoms with E-state index in [2.05, 4.69) is 0 Å². The maximum Gasteiger partial charge on any atom is 0.126 e. The average Bonchev–Trinajstić information content (AvgIpc) is 2.36. The largest absolute Gasteiger partial charge is 0.330 e. The third-order valence-corrected chi connectivity index (χ3v) is 2.95. The Bertz CT molecular complexity index is 538. The minimum atomic E-state index is -0.269. The first kappa shape index (κ1) is 12.7. The molecule has 2 aromatic carbocycles. The Hall–Kier alpha value is -1.74. The topological polar surface area (TPSA) is 26.0 Å². The van der Waals surface area contributed by atoms with Crippen LogP contribution in [0.5, 0.6) is 0 Å². The van der Waals surface area contributed by atoms with Crippen LogP contribution in [0.25, 0.3) is 0 Å². The zero-order valence-corrected chi connectivity index (χ0v) is 10.00. The molecule has 0 saturated heterocycles. The van der Waals surface area contributed by atoms with Crippen molar-refractivity contribution in [2.45, 2.75) is 12.8 Å². The van der Waals surface area contributed by atoms with E-state index in [9.17, 15) is 8.78 Å². The van der Waals surface area contributed by atoms with Crippen molar-refractivity contribution in [3.05, 3.63) is 70.8 Å². The minimum Gasteiger partial charge on any atom is -0.330 e. The maximum absolute atomic E-state index is 13.7. The molecule has 0 heterocycles. The molecule has 0 bridgehead atoms. The van der Waals surface area contributed by atoms with Crippen LogP contribution >= 0.6 is 0 Å². The molecule has 18 heavy (non-hydrogen) atoms. The number of benzene rings is 2. The molecular weight excluding hydrogens is 232 g/mol. The van der Waals surface area contributed by atoms with Gasteiger partial charge in [0.15, 0.2) is 0 Å². The molecule has 0 radical (unpaired) electrons. The Morgan fingerprint density at radius 1 is 0.833 bits per heavy atom. The highest BCUT2D eigenvalue weighted by molar-refractivity contribution is 5.34. The van der Waals surface area contributed by atoms with Gasteiger partial charge in [-0.15, -0.1) is 0 Å². The van der Waals surface area contributed by atoms with Gasteiger partial charge in [0.25, 0.3) is 0 Å². The van der Waals surface area contributed by atoms with Gasteiger partial charge < -0.3 is 5.73 Å². The summed E-state index contributed by atoms with van der Waals surface area (Å²) in [7, 11) is 0. The van der Waals surface area contributed by atoms with Gasteiger partial charge in [-0.1, -0.05) is 30.3 Å². The fourth-order valence-corrected chi connectivity index (χ4v) is 2.04. The molecule has 94 valence electrons. The quantitative estimate of drug-likeness (QED) is 0.883. The second-order valence-electron chi connectivity index (χ2n) is 4.18. The third kappa shape index (κ3) is 2.74. The molecule has 0 saturated carbocycles. The van der Waals surface area contributed by atoms with Crippen molar-refractivity contribution in [2.75, 3.05) is 6.54 Å². The van der Waals surface area contributed by atoms with Crippen LogP contribution in [0.2, 0.25) is 0 Å². The molecule has 2 rings (SSSR count). The first-order valence-electron chi connectivity index (χ1n) is 5.92. The SMILES string of the molecule is NCCc1c(F)cccc1Cc1ccccc1F. The van der Waals surface area contributed by atoms with Gasteiger partial charge >= 0.3 is 0 Å². The summed E-state index contributed by atoms with van der Waals surface area (Å²) >= 11 is 0. The molecule has 2 aromatic rings. The summed E-state index contributed by atoms with van der Waals surface area (Å²) in [6, 6.07) is 11.4. The van der Waals surface area contributed by atoms with Crippen LogP contribution in [-0.2, 0) is 12.8 Å². The lowest BCUT2D eigenvalue weighted by Crippen LogP contribution is -2.08. The van der Waals surface area contributed by atoms with Gasteiger partial charge in [0.05, 0.1) is 0 Å². The zero-order valence-electron chi connectivity index (χ0n) is 10.00. The van der Waals surface area contributed by atoms with Gasteiger partial charge in [0, 0.05) is 6.42 Å². The van der Waals surface area contributed by atoms with Gasteiger partial charge in [-0.25, -0.2) is 8.78 Å². The highest BCUT2D eigenvalue weighted by atomic mass is 19.1. The van der Waals surface area contributed by atoms with Crippen LogP contribution in [0.15, 0.2) is 42.5 Å². The van der Waals surface area contributed by atoms with E-state index in [0.29, 0.717) is 30.5 Å². The molecule has 0 aliphatic carbocycles. The third-order valence-electron chi connectivity index (χ3n) is 2.95. The highest BCUT2D eigenvalue weighted by Crippen LogP contribution is 2.19. The smallest absolute Gasteiger partial charge is 0.126 e. The molecule has 3 heteroatoms. The Labute approximate surface area is 105 Å². The molecule has 0 aliphatic rings. The maximum atomic E-state index is 13.7. The first-order chi connectivity index (χ1) is 8.72. The van der Waals surface area contributed by atoms with Gasteiger partial charge in [-0.05, 0) is 41.8 Å². The normalized spacial score (nSPS) is 10.6. The fourth-order valence-electron chi connectivity index (χ4n) is 2.04. The van der Waals surface area contributed by atoms with Crippen molar-refractivity contribution in [1.82, 2.24) is 0 Å². The highest BCUT2D eigenvalue weighted by Gasteiger charge is 2.10. The molecule has 2 N–H and O–H groups in total. The first-order valence-corrected chi connectivity index (χ1v) is 5.92. The summed E-state index contributed by atoms with van der Waals surface area (Å²) in [6.07, 6.45) is 0.857. The lowest BCUT2D eigenvalue weighted by Gasteiger charge is -2.10. The minimum absolute atomic E-state index is 0.263. The predicted octanol–water partition coefficient (Wildman–Crippen LogP) is 3.06. The van der Waals surface area contributed by atoms with Crippen molar-refractivity contribution >= 4 is 0 Å². The van der Waals surface area contributed by atoms with Crippen molar-refractivity contribution in [3.63, 3.8) is 0 Å². The summed E-state index contributed by atoms with van der Waals surface area (Å²) in [6.45, 7) is 0.380. The van der Waals surface area contributed by atoms with E-state index in [1.54, 1.807) is 24.3 Å². The molecule has 0 fully saturated rings. The molecule has 0 atom stereocenters. The number of nitrogens with two attached hydrogens (primary N) is 1. The Balaban J connectivity index is 2.34. The lowest BCUT2D eigenvalue weighted by molar-refractivity contribution is 0.601. The van der Waals surface area contributed by atoms with E-state index in [1.807, 2.05) is 6.07 Å². The van der Waals surface area contributed by atoms with Crippen LogP contribution in [-0.4, -0.2) is 6.54 Å². The van der Waals surface area contributed by atoms with Gasteiger partial charge in [0.1, 0.15) is 11.6 Å². The number of hydrogen-bond acceptors (Lipinski definition) is 1. The second-order valence-corrected chi connectivity index (χ2v) is 4.18. The fraction of sp³-hybridized carbons (Fsp3) is 0.200. The van der Waals surface area contributed by atoms with Crippen LogP contribution in [0.3, 0.4) is 0 Å². The van der Waals surface area contributed by atoms with Crippen molar-refractivity contribution in [2.24, 2.45) is 5.73 Å². The van der Waals surface area contributed by atoms with E-state index in [-0.39, 0.29) is 11.6 Å². The molecule has 0 unspecified atom stereocenters. The van der Waals surface area contributed by atoms with Gasteiger partial charge in [-0.2, -0.15) is 0 Å². The van der Waals surface area contributed by atoms with Crippen LogP contribution in [0.1, 0.15) is 16.7 Å². The van der Waals surface area contributed by atoms with Gasteiger partial charge in [-0.3, -0.25) is 0 Å². The van der Waals surface area contributed by atoms with Crippen molar-refractivity contribution < 1.29 is 8.78 Å². The Morgan fingerprint density at radius 3 is 2.22 bits per heavy atom. The second kappa shape index (κ2) is 5.74. The van der Waals surface area contributed by atoms with E-state index < -0.39 is 0 Å². The standard InChI is InChI=1S/C15H15F2N/c16-14-6-2-1-4-12(14)10-11-5-3-7-15(17)13(11)8-9-18/h1-7H,8-10,18H2. The summed E-state index contributed by atoms with van der Waals surface area (Å²) in [5.74, 6) is -0.533. The molecular formula is C15H15F2N. The molecule has 0 spiro atoms. The van der Waals surface area contributed by atoms with Crippen LogP contribution in [0, 0.1) is 11.6 Å². The summed E-state index contributed by atoms with van der Waals surface area (Å²) in [4.78, 5) is 0. The molecule has 0 aromatic heterocycles. The van der Waals surface area contributed by atoms with Gasteiger partial charge in [0.2, 0.25) is 0 Å². The van der Waals surface area contributed by atoms with E-state index in [1.165, 1.54) is 12.1 Å². The van der Waals surface area contributed by atoms with E-state index in [0.717, 1.165) is 5.56 Å². The lowest BCUT2D eigenvalue weighted by atomic mass is 9.97. The summed E-state index contributed by atoms with van der Waals surface area (Å²) < 4.78 is 27.3. The zero-order chi connectivity index (χ0) is 13.0. The Morgan fingerprint density at radius 2 is 1.50 bits per heavy atom. The van der Waals surface area contributed by atoms with Crippen molar-refractivity contribution in [3.8, 4) is 0 Å². The Kier molecular flexibility index (Phi) is 4.05. The predicted molar refractivity (Wildman–Crippen MR) is 68.4 cm³/mol. The van der Waals surface area contributed by atoms with E-state index >= 15 is 0 Å². The van der Waals surface area contributed by atoms with Crippen LogP contribution < -0.4 is 5.73 Å². The summed E-state index contributed by atoms with van der Waals surface area (Å²) in [5, 5.41) is 0. The van der Waals surface area contributed by atoms with Crippen molar-refractivity contribution in [1.29, 1.82) is 0 Å². The number of rotatable bonds is 4. The van der Waals surface area contributed by atoms with Crippen LogP contribution in [0.4, 0.5) is 8.78 Å². The monoisotopic (exact) mass is 247 g/mol. The molecule has 1 nitrogen and oxygen atoms in total. The summed E-state index contributed by atoms with van der Waals surface area (Å²) in [5.41, 5.74) is 7.43. The number of halogens is 2. The molecule has 0 aliphatic heterocycles.